The normalized spacial score (nSPS) is 10.4. The Bertz CT molecular complexity index is 1600. The van der Waals surface area contributed by atoms with Gasteiger partial charge in [-0.1, -0.05) is 60.7 Å². The molecule has 0 fully saturated rings. The van der Waals surface area contributed by atoms with Crippen LogP contribution in [0.1, 0.15) is 0 Å². The Morgan fingerprint density at radius 3 is 1.77 bits per heavy atom. The summed E-state index contributed by atoms with van der Waals surface area (Å²) in [7, 11) is 0. The molecule has 35 heavy (non-hydrogen) atoms. The van der Waals surface area contributed by atoms with Gasteiger partial charge < -0.3 is 15.7 Å². The van der Waals surface area contributed by atoms with Crippen molar-refractivity contribution in [1.29, 1.82) is 0 Å². The molecule has 6 rings (SSSR count). The fraction of sp³-hybridized carbons (Fsp3) is 0. The molecular formula is C26H21ClN6O2. The number of nitrogens with one attached hydrogen (secondary N) is 2. The first-order valence-corrected chi connectivity index (χ1v) is 10.5. The van der Waals surface area contributed by atoms with E-state index in [1.807, 2.05) is 72.9 Å². The molecule has 0 atom stereocenters. The number of fused-ring (bicyclic) bond motifs is 2. The highest BCUT2D eigenvalue weighted by Crippen LogP contribution is 2.28. The molecule has 0 bridgehead atoms. The second-order valence-electron chi connectivity index (χ2n) is 7.64. The number of nitro groups is 1. The largest absolute Gasteiger partial charge is 0.397 e. The predicted octanol–water partition coefficient (Wildman–Crippen LogP) is 6.37. The molecule has 4 aromatic heterocycles. The SMILES string of the molecule is Cl.Nc1c[nH]c2cnc(-c3ccccc3)cc12.O=[N+]([O-])c1c[nH]c2cnc(-c3ccccc3)cc12. The minimum absolute atomic E-state index is 0. The maximum Gasteiger partial charge on any atom is 0.294 e. The maximum atomic E-state index is 10.9. The fourth-order valence-electron chi connectivity index (χ4n) is 3.73. The van der Waals surface area contributed by atoms with Crippen LogP contribution in [0.3, 0.4) is 0 Å². The number of hydrogen-bond donors (Lipinski definition) is 3. The van der Waals surface area contributed by atoms with Crippen molar-refractivity contribution < 1.29 is 4.92 Å². The first kappa shape index (κ1) is 23.5. The lowest BCUT2D eigenvalue weighted by molar-refractivity contribution is -0.383. The molecule has 6 aromatic rings. The van der Waals surface area contributed by atoms with E-state index in [1.165, 1.54) is 6.20 Å². The number of nitrogen functional groups attached to an aromatic ring is 1. The number of H-pyrrole nitrogens is 2. The number of aromatic amines is 2. The number of hydrogen-bond acceptors (Lipinski definition) is 5. The molecule has 2 aromatic carbocycles. The summed E-state index contributed by atoms with van der Waals surface area (Å²) in [6.45, 7) is 0. The summed E-state index contributed by atoms with van der Waals surface area (Å²) in [5.74, 6) is 0. The van der Waals surface area contributed by atoms with E-state index in [-0.39, 0.29) is 18.1 Å². The number of rotatable bonds is 3. The van der Waals surface area contributed by atoms with Crippen LogP contribution in [0, 0.1) is 10.1 Å². The van der Waals surface area contributed by atoms with Gasteiger partial charge in [0, 0.05) is 22.7 Å². The highest BCUT2D eigenvalue weighted by molar-refractivity contribution is 5.93. The monoisotopic (exact) mass is 484 g/mol. The van der Waals surface area contributed by atoms with Crippen molar-refractivity contribution in [2.24, 2.45) is 0 Å². The molecule has 0 spiro atoms. The van der Waals surface area contributed by atoms with Crippen LogP contribution >= 0.6 is 12.4 Å². The molecule has 0 radical (unpaired) electrons. The van der Waals surface area contributed by atoms with Crippen LogP contribution in [0.2, 0.25) is 0 Å². The lowest BCUT2D eigenvalue weighted by atomic mass is 10.1. The fourth-order valence-corrected chi connectivity index (χ4v) is 3.73. The van der Waals surface area contributed by atoms with Gasteiger partial charge in [0.05, 0.1) is 57.0 Å². The van der Waals surface area contributed by atoms with E-state index in [4.69, 9.17) is 5.73 Å². The minimum atomic E-state index is -0.395. The van der Waals surface area contributed by atoms with Gasteiger partial charge in [-0.05, 0) is 12.1 Å². The van der Waals surface area contributed by atoms with Gasteiger partial charge in [-0.15, -0.1) is 12.4 Å². The van der Waals surface area contributed by atoms with Crippen LogP contribution in [0.25, 0.3) is 44.3 Å². The molecule has 0 aliphatic rings. The number of nitrogens with two attached hydrogens (primary N) is 1. The average Bonchev–Trinajstić information content (AvgIpc) is 3.48. The Morgan fingerprint density at radius 2 is 1.23 bits per heavy atom. The van der Waals surface area contributed by atoms with E-state index in [2.05, 4.69) is 19.9 Å². The van der Waals surface area contributed by atoms with Crippen LogP contribution in [-0.4, -0.2) is 24.9 Å². The zero-order valence-electron chi connectivity index (χ0n) is 18.4. The van der Waals surface area contributed by atoms with Crippen LogP contribution in [0.5, 0.6) is 0 Å². The van der Waals surface area contributed by atoms with E-state index in [0.29, 0.717) is 10.9 Å². The second kappa shape index (κ2) is 10.1. The Kier molecular flexibility index (Phi) is 6.75. The third kappa shape index (κ3) is 4.83. The number of benzene rings is 2. The van der Waals surface area contributed by atoms with Gasteiger partial charge in [-0.2, -0.15) is 0 Å². The van der Waals surface area contributed by atoms with Gasteiger partial charge >= 0.3 is 0 Å². The van der Waals surface area contributed by atoms with Gasteiger partial charge in [-0.25, -0.2) is 0 Å². The van der Waals surface area contributed by atoms with Crippen LogP contribution in [0.15, 0.2) is 97.6 Å². The molecule has 8 nitrogen and oxygen atoms in total. The second-order valence-corrected chi connectivity index (χ2v) is 7.64. The van der Waals surface area contributed by atoms with Gasteiger partial charge in [0.1, 0.15) is 0 Å². The molecule has 9 heteroatoms. The summed E-state index contributed by atoms with van der Waals surface area (Å²) < 4.78 is 0. The standard InChI is InChI=1S/C13H9N3O2.C13H11N3.ClH/c17-16(18)13-8-15-12-7-14-11(6-10(12)13)9-4-2-1-3-5-9;14-11-7-15-13-8-16-12(6-10(11)13)9-4-2-1-3-5-9;/h1-8,15H;1-8,15H,14H2;1H. The van der Waals surface area contributed by atoms with Crippen molar-refractivity contribution in [3.63, 3.8) is 0 Å². The maximum absolute atomic E-state index is 10.9. The van der Waals surface area contributed by atoms with Crippen LogP contribution in [0.4, 0.5) is 11.4 Å². The van der Waals surface area contributed by atoms with E-state index < -0.39 is 4.92 Å². The third-order valence-corrected chi connectivity index (χ3v) is 5.48. The molecule has 0 saturated heterocycles. The smallest absolute Gasteiger partial charge is 0.294 e. The number of anilines is 1. The summed E-state index contributed by atoms with van der Waals surface area (Å²) in [5, 5.41) is 12.5. The van der Waals surface area contributed by atoms with Gasteiger partial charge in [-0.3, -0.25) is 20.1 Å². The Balaban J connectivity index is 0.000000161. The lowest BCUT2D eigenvalue weighted by Crippen LogP contribution is -1.87. The van der Waals surface area contributed by atoms with E-state index >= 15 is 0 Å². The zero-order chi connectivity index (χ0) is 23.5. The molecule has 0 saturated carbocycles. The van der Waals surface area contributed by atoms with E-state index in [1.54, 1.807) is 18.5 Å². The molecular weight excluding hydrogens is 464 g/mol. The highest BCUT2D eigenvalue weighted by atomic mass is 35.5. The Hall–Kier alpha value is -4.69. The number of aromatic nitrogens is 4. The molecule has 4 heterocycles. The van der Waals surface area contributed by atoms with Gasteiger partial charge in [0.2, 0.25) is 0 Å². The topological polar surface area (TPSA) is 127 Å². The number of nitrogens with zero attached hydrogens (tertiary/aromatic N) is 3. The minimum Gasteiger partial charge on any atom is -0.397 e. The van der Waals surface area contributed by atoms with Crippen molar-refractivity contribution in [3.05, 3.63) is 108 Å². The summed E-state index contributed by atoms with van der Waals surface area (Å²) in [4.78, 5) is 25.1. The van der Waals surface area contributed by atoms with E-state index in [9.17, 15) is 10.1 Å². The Labute approximate surface area is 206 Å². The molecule has 0 aliphatic carbocycles. The van der Waals surface area contributed by atoms with E-state index in [0.717, 1.165) is 39.1 Å². The van der Waals surface area contributed by atoms with Crippen molar-refractivity contribution in [2.75, 3.05) is 5.73 Å². The van der Waals surface area contributed by atoms with Gasteiger partial charge in [0.15, 0.2) is 0 Å². The lowest BCUT2D eigenvalue weighted by Gasteiger charge is -2.00. The number of halogens is 1. The van der Waals surface area contributed by atoms with Crippen LogP contribution < -0.4 is 5.73 Å². The molecule has 0 unspecified atom stereocenters. The van der Waals surface area contributed by atoms with Crippen LogP contribution in [-0.2, 0) is 0 Å². The van der Waals surface area contributed by atoms with Crippen molar-refractivity contribution >= 4 is 45.6 Å². The molecule has 0 amide bonds. The zero-order valence-corrected chi connectivity index (χ0v) is 19.2. The van der Waals surface area contributed by atoms with Gasteiger partial charge in [0.25, 0.3) is 5.69 Å². The summed E-state index contributed by atoms with van der Waals surface area (Å²) in [6, 6.07) is 23.4. The van der Waals surface area contributed by atoms with Crippen molar-refractivity contribution in [3.8, 4) is 22.5 Å². The average molecular weight is 485 g/mol. The summed E-state index contributed by atoms with van der Waals surface area (Å²) in [6.07, 6.45) is 6.61. The molecule has 4 N–H and O–H groups in total. The molecule has 174 valence electrons. The quantitative estimate of drug-likeness (QED) is 0.198. The first-order chi connectivity index (χ1) is 16.6. The van der Waals surface area contributed by atoms with Crippen molar-refractivity contribution in [2.45, 2.75) is 0 Å². The first-order valence-electron chi connectivity index (χ1n) is 10.5. The Morgan fingerprint density at radius 1 is 0.743 bits per heavy atom. The summed E-state index contributed by atoms with van der Waals surface area (Å²) in [5.41, 5.74) is 12.0. The molecule has 0 aliphatic heterocycles. The highest BCUT2D eigenvalue weighted by Gasteiger charge is 2.15. The van der Waals surface area contributed by atoms with Crippen molar-refractivity contribution in [1.82, 2.24) is 19.9 Å². The third-order valence-electron chi connectivity index (χ3n) is 5.48. The predicted molar refractivity (Wildman–Crippen MR) is 141 cm³/mol. The number of pyridine rings is 2. The summed E-state index contributed by atoms with van der Waals surface area (Å²) >= 11 is 0.